The maximum absolute atomic E-state index is 13.2. The maximum Gasteiger partial charge on any atom is 0.245 e. The standard InChI is InChI=1S/C24H33N3O2/c1-16(2)22(23(29)27-12-11-20(25)24(3,4)15-27)26-21(28)14-17-9-10-18-7-5-6-8-19(18)13-17/h5-10,13,16,20,22H,11-12,14-15,25H2,1-4H3,(H,26,28). The molecule has 2 aromatic rings. The van der Waals surface area contributed by atoms with E-state index in [0.717, 1.165) is 22.8 Å². The molecule has 2 amide bonds. The average molecular weight is 396 g/mol. The highest BCUT2D eigenvalue weighted by atomic mass is 16.2. The Morgan fingerprint density at radius 3 is 2.52 bits per heavy atom. The topological polar surface area (TPSA) is 75.4 Å². The number of nitrogens with zero attached hydrogens (tertiary/aromatic N) is 1. The van der Waals surface area contributed by atoms with Crippen molar-refractivity contribution in [2.24, 2.45) is 17.1 Å². The van der Waals surface area contributed by atoms with Gasteiger partial charge in [0.15, 0.2) is 0 Å². The van der Waals surface area contributed by atoms with Gasteiger partial charge >= 0.3 is 0 Å². The first-order chi connectivity index (χ1) is 13.7. The van der Waals surface area contributed by atoms with E-state index in [9.17, 15) is 9.59 Å². The van der Waals surface area contributed by atoms with Crippen LogP contribution in [0.4, 0.5) is 0 Å². The van der Waals surface area contributed by atoms with Crippen LogP contribution in [0.15, 0.2) is 42.5 Å². The van der Waals surface area contributed by atoms with Gasteiger partial charge in [-0.3, -0.25) is 9.59 Å². The van der Waals surface area contributed by atoms with E-state index in [1.807, 2.05) is 55.1 Å². The molecule has 1 aliphatic rings. The molecular weight excluding hydrogens is 362 g/mol. The fourth-order valence-electron chi connectivity index (χ4n) is 4.03. The molecule has 0 aliphatic carbocycles. The van der Waals surface area contributed by atoms with Crippen molar-refractivity contribution < 1.29 is 9.59 Å². The summed E-state index contributed by atoms with van der Waals surface area (Å²) in [6.07, 6.45) is 1.05. The van der Waals surface area contributed by atoms with Crippen LogP contribution in [0.2, 0.25) is 0 Å². The van der Waals surface area contributed by atoms with Gasteiger partial charge in [0.25, 0.3) is 0 Å². The van der Waals surface area contributed by atoms with E-state index in [1.165, 1.54) is 0 Å². The lowest BCUT2D eigenvalue weighted by molar-refractivity contribution is -0.140. The van der Waals surface area contributed by atoms with Crippen molar-refractivity contribution in [3.63, 3.8) is 0 Å². The van der Waals surface area contributed by atoms with Gasteiger partial charge in [0.05, 0.1) is 6.42 Å². The molecule has 0 aromatic heterocycles. The van der Waals surface area contributed by atoms with Crippen LogP contribution in [0.1, 0.15) is 39.7 Å². The third-order valence-corrected chi connectivity index (χ3v) is 6.05. The fraction of sp³-hybridized carbons (Fsp3) is 0.500. The first-order valence-electron chi connectivity index (χ1n) is 10.5. The first-order valence-corrected chi connectivity index (χ1v) is 10.5. The summed E-state index contributed by atoms with van der Waals surface area (Å²) in [5.74, 6) is -0.117. The molecule has 3 rings (SSSR count). The fourth-order valence-corrected chi connectivity index (χ4v) is 4.03. The van der Waals surface area contributed by atoms with Crippen LogP contribution in [0, 0.1) is 11.3 Å². The Hall–Kier alpha value is -2.40. The quantitative estimate of drug-likeness (QED) is 0.817. The van der Waals surface area contributed by atoms with Gasteiger partial charge in [-0.05, 0) is 34.1 Å². The lowest BCUT2D eigenvalue weighted by Crippen LogP contribution is -2.59. The average Bonchev–Trinajstić information content (AvgIpc) is 2.67. The molecule has 5 nitrogen and oxygen atoms in total. The number of piperidine rings is 1. The van der Waals surface area contributed by atoms with Crippen molar-refractivity contribution in [1.29, 1.82) is 0 Å². The Labute approximate surface area is 173 Å². The van der Waals surface area contributed by atoms with Gasteiger partial charge in [0.2, 0.25) is 11.8 Å². The Kier molecular flexibility index (Phi) is 6.27. The van der Waals surface area contributed by atoms with E-state index in [-0.39, 0.29) is 35.6 Å². The molecule has 0 bridgehead atoms. The number of fused-ring (bicyclic) bond motifs is 1. The number of carbonyl (C=O) groups excluding carboxylic acids is 2. The highest BCUT2D eigenvalue weighted by molar-refractivity contribution is 5.90. The minimum absolute atomic E-state index is 0.00756. The molecule has 0 saturated carbocycles. The predicted octanol–water partition coefficient (Wildman–Crippen LogP) is 3.11. The molecule has 156 valence electrons. The number of rotatable bonds is 5. The molecular formula is C24H33N3O2. The van der Waals surface area contributed by atoms with Gasteiger partial charge in [0.1, 0.15) is 6.04 Å². The summed E-state index contributed by atoms with van der Waals surface area (Å²) in [6.45, 7) is 9.41. The van der Waals surface area contributed by atoms with Crippen LogP contribution in [-0.4, -0.2) is 41.9 Å². The smallest absolute Gasteiger partial charge is 0.245 e. The van der Waals surface area contributed by atoms with Crippen molar-refractivity contribution in [3.05, 3.63) is 48.0 Å². The van der Waals surface area contributed by atoms with E-state index in [2.05, 4.69) is 25.2 Å². The summed E-state index contributed by atoms with van der Waals surface area (Å²) in [6, 6.07) is 13.7. The minimum atomic E-state index is -0.520. The van der Waals surface area contributed by atoms with Gasteiger partial charge in [-0.15, -0.1) is 0 Å². The molecule has 5 heteroatoms. The Morgan fingerprint density at radius 2 is 1.86 bits per heavy atom. The van der Waals surface area contributed by atoms with Crippen LogP contribution in [0.5, 0.6) is 0 Å². The molecule has 0 radical (unpaired) electrons. The summed E-state index contributed by atoms with van der Waals surface area (Å²) in [5, 5.41) is 5.25. The van der Waals surface area contributed by atoms with E-state index in [1.54, 1.807) is 0 Å². The first kappa shape index (κ1) is 21.3. The van der Waals surface area contributed by atoms with Crippen molar-refractivity contribution in [2.45, 2.75) is 52.6 Å². The van der Waals surface area contributed by atoms with Crippen LogP contribution in [0.25, 0.3) is 10.8 Å². The van der Waals surface area contributed by atoms with Crippen molar-refractivity contribution in [3.8, 4) is 0 Å². The summed E-state index contributed by atoms with van der Waals surface area (Å²) < 4.78 is 0. The number of nitrogens with two attached hydrogens (primary N) is 1. The highest BCUT2D eigenvalue weighted by Gasteiger charge is 2.38. The number of likely N-dealkylation sites (tertiary alicyclic amines) is 1. The molecule has 1 fully saturated rings. The summed E-state index contributed by atoms with van der Waals surface area (Å²) in [5.41, 5.74) is 7.03. The third-order valence-electron chi connectivity index (χ3n) is 6.05. The van der Waals surface area contributed by atoms with Gasteiger partial charge in [-0.2, -0.15) is 0 Å². The number of hydrogen-bond acceptors (Lipinski definition) is 3. The molecule has 29 heavy (non-hydrogen) atoms. The number of benzene rings is 2. The maximum atomic E-state index is 13.2. The van der Waals surface area contributed by atoms with Gasteiger partial charge < -0.3 is 16.0 Å². The molecule has 2 atom stereocenters. The van der Waals surface area contributed by atoms with Gasteiger partial charge in [-0.25, -0.2) is 0 Å². The minimum Gasteiger partial charge on any atom is -0.344 e. The molecule has 3 N–H and O–H groups in total. The highest BCUT2D eigenvalue weighted by Crippen LogP contribution is 2.28. The lowest BCUT2D eigenvalue weighted by atomic mass is 9.79. The number of hydrogen-bond donors (Lipinski definition) is 2. The monoisotopic (exact) mass is 395 g/mol. The molecule has 1 heterocycles. The van der Waals surface area contributed by atoms with E-state index in [0.29, 0.717) is 13.1 Å². The van der Waals surface area contributed by atoms with Gasteiger partial charge in [0, 0.05) is 19.1 Å². The molecule has 1 aliphatic heterocycles. The summed E-state index contributed by atoms with van der Waals surface area (Å²) in [4.78, 5) is 27.8. The van der Waals surface area contributed by atoms with E-state index in [4.69, 9.17) is 5.73 Å². The molecule has 2 aromatic carbocycles. The van der Waals surface area contributed by atoms with Crippen molar-refractivity contribution in [1.82, 2.24) is 10.2 Å². The van der Waals surface area contributed by atoms with Crippen molar-refractivity contribution >= 4 is 22.6 Å². The number of carbonyl (C=O) groups is 2. The molecule has 0 spiro atoms. The molecule has 1 saturated heterocycles. The zero-order chi connectivity index (χ0) is 21.2. The van der Waals surface area contributed by atoms with E-state index >= 15 is 0 Å². The third kappa shape index (κ3) is 4.96. The van der Waals surface area contributed by atoms with Crippen LogP contribution in [0.3, 0.4) is 0 Å². The normalized spacial score (nSPS) is 19.9. The number of nitrogens with one attached hydrogen (secondary N) is 1. The Bertz CT molecular complexity index is 891. The number of amides is 2. The zero-order valence-corrected chi connectivity index (χ0v) is 17.9. The summed E-state index contributed by atoms with van der Waals surface area (Å²) >= 11 is 0. The molecule has 2 unspecified atom stereocenters. The predicted molar refractivity (Wildman–Crippen MR) is 117 cm³/mol. The zero-order valence-electron chi connectivity index (χ0n) is 17.9. The second-order valence-corrected chi connectivity index (χ2v) is 9.29. The van der Waals surface area contributed by atoms with Crippen LogP contribution >= 0.6 is 0 Å². The van der Waals surface area contributed by atoms with Crippen LogP contribution in [-0.2, 0) is 16.0 Å². The lowest BCUT2D eigenvalue weighted by Gasteiger charge is -2.44. The van der Waals surface area contributed by atoms with Crippen LogP contribution < -0.4 is 11.1 Å². The van der Waals surface area contributed by atoms with E-state index < -0.39 is 6.04 Å². The van der Waals surface area contributed by atoms with Gasteiger partial charge in [-0.1, -0.05) is 70.2 Å². The SMILES string of the molecule is CC(C)C(NC(=O)Cc1ccc2ccccc2c1)C(=O)N1CCC(N)C(C)(C)C1. The second kappa shape index (κ2) is 8.54. The summed E-state index contributed by atoms with van der Waals surface area (Å²) in [7, 11) is 0. The van der Waals surface area contributed by atoms with Crippen molar-refractivity contribution in [2.75, 3.05) is 13.1 Å². The second-order valence-electron chi connectivity index (χ2n) is 9.29. The Balaban J connectivity index is 1.67. The largest absolute Gasteiger partial charge is 0.344 e. The Morgan fingerprint density at radius 1 is 1.17 bits per heavy atom.